The number of nitrogens with zero attached hydrogens (tertiary/aromatic N) is 1. The predicted molar refractivity (Wildman–Crippen MR) is 113 cm³/mol. The number of carbonyl (C=O) groups excluding carboxylic acids is 1. The zero-order valence-electron chi connectivity index (χ0n) is 18.6. The van der Waals surface area contributed by atoms with Gasteiger partial charge in [0.05, 0.1) is 18.1 Å². The molecule has 1 unspecified atom stereocenters. The van der Waals surface area contributed by atoms with E-state index in [1.54, 1.807) is 21.0 Å². The maximum Gasteiger partial charge on any atom is 0.320 e. The largest absolute Gasteiger partial charge is 0.493 e. The number of Topliss-reactive ketones (excluding diaryl/α,β-unsaturated/α-hetero) is 1. The van der Waals surface area contributed by atoms with Crippen molar-refractivity contribution in [2.24, 2.45) is 11.7 Å². The van der Waals surface area contributed by atoms with Crippen LogP contribution in [-0.4, -0.2) is 71.4 Å². The normalized spacial score (nSPS) is 33.7. The molecule has 5 atom stereocenters. The standard InChI is InChI=1S/C18H21NO4.C5H11NO2/c1-19-8-7-17-14-10-3-4-12(22-2)15(14)23-16(17)11(20)5-6-18(17,21)13(19)9-10;1-3(2)4(6)5(7)8/h3-4,13,16,21H,5-9H2,1-2H3;3-4H,6H2,1-2H3,(H,7,8)/t13-,16+,17+,18-;/m1./s1. The molecule has 0 aromatic heterocycles. The van der Waals surface area contributed by atoms with E-state index in [9.17, 15) is 14.7 Å². The minimum Gasteiger partial charge on any atom is -0.493 e. The molecule has 1 saturated heterocycles. The van der Waals surface area contributed by atoms with E-state index in [0.29, 0.717) is 24.3 Å². The Kier molecular flexibility index (Phi) is 5.31. The maximum absolute atomic E-state index is 12.7. The van der Waals surface area contributed by atoms with Gasteiger partial charge in [-0.3, -0.25) is 9.59 Å². The fourth-order valence-electron chi connectivity index (χ4n) is 5.97. The fourth-order valence-corrected chi connectivity index (χ4v) is 5.97. The third kappa shape index (κ3) is 2.92. The topological polar surface area (TPSA) is 122 Å². The highest BCUT2D eigenvalue weighted by Gasteiger charge is 2.72. The molecule has 31 heavy (non-hydrogen) atoms. The summed E-state index contributed by atoms with van der Waals surface area (Å²) in [4.78, 5) is 24.9. The number of benzene rings is 1. The first-order valence-electron chi connectivity index (χ1n) is 10.9. The Balaban J connectivity index is 0.000000250. The molecule has 2 bridgehead atoms. The Bertz CT molecular complexity index is 918. The molecule has 1 aromatic rings. The predicted octanol–water partition coefficient (Wildman–Crippen LogP) is 1.10. The molecule has 2 heterocycles. The van der Waals surface area contributed by atoms with Gasteiger partial charge in [0, 0.05) is 18.0 Å². The van der Waals surface area contributed by atoms with Crippen molar-refractivity contribution in [1.82, 2.24) is 4.90 Å². The number of piperidine rings is 1. The summed E-state index contributed by atoms with van der Waals surface area (Å²) in [5.74, 6) is 0.559. The van der Waals surface area contributed by atoms with E-state index in [1.807, 2.05) is 6.07 Å². The molecule has 0 amide bonds. The molecule has 1 saturated carbocycles. The lowest BCUT2D eigenvalue weighted by atomic mass is 9.49. The number of rotatable bonds is 3. The Morgan fingerprint density at radius 1 is 1.35 bits per heavy atom. The number of carboxylic acids is 1. The number of carboxylic acid groups (broad SMARTS) is 1. The van der Waals surface area contributed by atoms with E-state index in [-0.39, 0.29) is 17.7 Å². The highest BCUT2D eigenvalue weighted by molar-refractivity contribution is 5.90. The van der Waals surface area contributed by atoms with E-state index in [0.717, 1.165) is 24.9 Å². The van der Waals surface area contributed by atoms with Crippen LogP contribution in [0.2, 0.25) is 0 Å². The van der Waals surface area contributed by atoms with Crippen molar-refractivity contribution in [2.45, 2.75) is 68.7 Å². The highest BCUT2D eigenvalue weighted by Crippen LogP contribution is 2.64. The van der Waals surface area contributed by atoms with Gasteiger partial charge in [-0.05, 0) is 50.4 Å². The lowest BCUT2D eigenvalue weighted by molar-refractivity contribution is -0.185. The summed E-state index contributed by atoms with van der Waals surface area (Å²) in [5.41, 5.74) is 5.90. The fraction of sp³-hybridized carbons (Fsp3) is 0.652. The van der Waals surface area contributed by atoms with Crippen LogP contribution in [0.15, 0.2) is 12.1 Å². The van der Waals surface area contributed by atoms with Crippen molar-refractivity contribution in [2.75, 3.05) is 20.7 Å². The van der Waals surface area contributed by atoms with Gasteiger partial charge < -0.3 is 30.3 Å². The van der Waals surface area contributed by atoms with Crippen molar-refractivity contribution < 1.29 is 29.3 Å². The van der Waals surface area contributed by atoms with Crippen molar-refractivity contribution in [3.63, 3.8) is 0 Å². The van der Waals surface area contributed by atoms with Gasteiger partial charge in [-0.2, -0.15) is 0 Å². The quantitative estimate of drug-likeness (QED) is 0.649. The summed E-state index contributed by atoms with van der Waals surface area (Å²) in [7, 11) is 3.70. The first-order valence-corrected chi connectivity index (χ1v) is 10.9. The Labute approximate surface area is 182 Å². The van der Waals surface area contributed by atoms with Gasteiger partial charge in [0.1, 0.15) is 6.04 Å². The number of carbonyl (C=O) groups is 2. The van der Waals surface area contributed by atoms with Gasteiger partial charge in [-0.15, -0.1) is 0 Å². The zero-order valence-corrected chi connectivity index (χ0v) is 18.6. The summed E-state index contributed by atoms with van der Waals surface area (Å²) in [6.45, 7) is 4.42. The van der Waals surface area contributed by atoms with Crippen molar-refractivity contribution in [3.05, 3.63) is 23.3 Å². The van der Waals surface area contributed by atoms with Crippen molar-refractivity contribution in [1.29, 1.82) is 0 Å². The van der Waals surface area contributed by atoms with E-state index in [2.05, 4.69) is 18.0 Å². The van der Waals surface area contributed by atoms with Gasteiger partial charge in [-0.25, -0.2) is 0 Å². The molecule has 1 spiro atoms. The van der Waals surface area contributed by atoms with Gasteiger partial charge in [0.25, 0.3) is 0 Å². The van der Waals surface area contributed by atoms with Crippen LogP contribution in [0.3, 0.4) is 0 Å². The first kappa shape index (κ1) is 22.0. The lowest BCUT2D eigenvalue weighted by Gasteiger charge is -2.62. The van der Waals surface area contributed by atoms with Crippen LogP contribution in [0.1, 0.15) is 44.2 Å². The molecule has 4 aliphatic rings. The van der Waals surface area contributed by atoms with Crippen molar-refractivity contribution in [3.8, 4) is 11.5 Å². The van der Waals surface area contributed by atoms with E-state index < -0.39 is 29.1 Å². The third-order valence-corrected chi connectivity index (χ3v) is 7.73. The SMILES string of the molecule is CC(C)C(N)C(=O)O.COc1ccc2c3c1O[C@H]1C(=O)CC[C@@]4(O)[C@@H](C2)N(C)CC[C@]314. The second-order valence-electron chi connectivity index (χ2n) is 9.55. The molecular formula is C23H32N2O6. The Morgan fingerprint density at radius 3 is 2.65 bits per heavy atom. The number of ketones is 1. The van der Waals surface area contributed by atoms with Crippen LogP contribution in [0, 0.1) is 5.92 Å². The second kappa shape index (κ2) is 7.46. The van der Waals surface area contributed by atoms with Crippen molar-refractivity contribution >= 4 is 11.8 Å². The average molecular weight is 433 g/mol. The van der Waals surface area contributed by atoms with Crippen LogP contribution in [0.25, 0.3) is 0 Å². The first-order chi connectivity index (χ1) is 14.6. The van der Waals surface area contributed by atoms with E-state index in [1.165, 1.54) is 5.56 Å². The second-order valence-corrected chi connectivity index (χ2v) is 9.55. The monoisotopic (exact) mass is 432 g/mol. The summed E-state index contributed by atoms with van der Waals surface area (Å²) in [5, 5.41) is 20.0. The number of likely N-dealkylation sites (tertiary alicyclic amines) is 1. The minimum absolute atomic E-state index is 0.0208. The molecule has 0 radical (unpaired) electrons. The number of methoxy groups -OCH3 is 1. The number of aliphatic carboxylic acids is 1. The van der Waals surface area contributed by atoms with Gasteiger partial charge >= 0.3 is 5.97 Å². The molecule has 8 heteroatoms. The Hall–Kier alpha value is -2.16. The van der Waals surface area contributed by atoms with Gasteiger partial charge in [0.15, 0.2) is 23.4 Å². The maximum atomic E-state index is 12.7. The van der Waals surface area contributed by atoms with Gasteiger partial charge in [0.2, 0.25) is 0 Å². The summed E-state index contributed by atoms with van der Waals surface area (Å²) >= 11 is 0. The molecule has 2 fully saturated rings. The number of likely N-dealkylation sites (N-methyl/N-ethyl adjacent to an activating group) is 1. The number of ether oxygens (including phenoxy) is 2. The molecule has 170 valence electrons. The van der Waals surface area contributed by atoms with Crippen LogP contribution >= 0.6 is 0 Å². The van der Waals surface area contributed by atoms with Crippen LogP contribution in [0.4, 0.5) is 0 Å². The summed E-state index contributed by atoms with van der Waals surface area (Å²) < 4.78 is 11.6. The lowest BCUT2D eigenvalue weighted by Crippen LogP contribution is -2.76. The number of aliphatic hydroxyl groups is 1. The summed E-state index contributed by atoms with van der Waals surface area (Å²) in [6.07, 6.45) is 1.89. The number of hydrogen-bond donors (Lipinski definition) is 3. The molecule has 4 N–H and O–H groups in total. The molecule has 5 rings (SSSR count). The van der Waals surface area contributed by atoms with E-state index in [4.69, 9.17) is 20.3 Å². The summed E-state index contributed by atoms with van der Waals surface area (Å²) in [6, 6.07) is 3.33. The number of hydrogen-bond acceptors (Lipinski definition) is 7. The van der Waals surface area contributed by atoms with Gasteiger partial charge in [-0.1, -0.05) is 19.9 Å². The average Bonchev–Trinajstić information content (AvgIpc) is 3.09. The Morgan fingerprint density at radius 2 is 2.06 bits per heavy atom. The minimum atomic E-state index is -0.931. The zero-order chi connectivity index (χ0) is 22.7. The van der Waals surface area contributed by atoms with Crippen LogP contribution in [-0.2, 0) is 21.4 Å². The number of nitrogens with two attached hydrogens (primary N) is 1. The van der Waals surface area contributed by atoms with Crippen LogP contribution < -0.4 is 15.2 Å². The van der Waals surface area contributed by atoms with Crippen LogP contribution in [0.5, 0.6) is 11.5 Å². The highest BCUT2D eigenvalue weighted by atomic mass is 16.5. The molecule has 1 aromatic carbocycles. The smallest absolute Gasteiger partial charge is 0.320 e. The molecule has 2 aliphatic carbocycles. The molecule has 2 aliphatic heterocycles. The third-order valence-electron chi connectivity index (χ3n) is 7.73. The van der Waals surface area contributed by atoms with E-state index >= 15 is 0 Å². The molecule has 8 nitrogen and oxygen atoms in total. The molecular weight excluding hydrogens is 400 g/mol.